The molecule has 5 nitrogen and oxygen atoms in total. The number of nitrogens with one attached hydrogen (secondary N) is 1. The number of carbonyl (C=O) groups is 1. The molecule has 29 heavy (non-hydrogen) atoms. The topological polar surface area (TPSA) is 68.0 Å². The van der Waals surface area contributed by atoms with Crippen molar-refractivity contribution in [1.82, 2.24) is 10.2 Å². The molecule has 1 N–H and O–H groups in total. The van der Waals surface area contributed by atoms with Gasteiger partial charge in [0.15, 0.2) is 0 Å². The average molecular weight is 408 g/mol. The first kappa shape index (κ1) is 18.8. The Morgan fingerprint density at radius 2 is 1.72 bits per heavy atom. The number of nitrogens with zero attached hydrogens (tertiary/aromatic N) is 2. The Morgan fingerprint density at radius 1 is 1.00 bits per heavy atom. The van der Waals surface area contributed by atoms with E-state index in [1.807, 2.05) is 31.2 Å². The third-order valence-electron chi connectivity index (χ3n) is 4.37. The molecule has 3 aromatic carbocycles. The van der Waals surface area contributed by atoms with Gasteiger partial charge >= 0.3 is 0 Å². The number of anilines is 1. The van der Waals surface area contributed by atoms with Crippen molar-refractivity contribution in [2.45, 2.75) is 6.92 Å². The number of benzene rings is 3. The minimum atomic E-state index is -0.543. The number of hydrogen-bond donors (Lipinski definition) is 1. The van der Waals surface area contributed by atoms with Crippen LogP contribution in [0.5, 0.6) is 0 Å². The molecule has 0 aliphatic carbocycles. The van der Waals surface area contributed by atoms with Gasteiger partial charge in [0, 0.05) is 22.4 Å². The number of aryl methyl sites for hydroxylation is 1. The van der Waals surface area contributed by atoms with Crippen LogP contribution in [0.25, 0.3) is 22.9 Å². The molecule has 7 heteroatoms. The summed E-state index contributed by atoms with van der Waals surface area (Å²) in [5.74, 6) is -0.0855. The molecular weight excluding hydrogens is 393 g/mol. The largest absolute Gasteiger partial charge is 0.416 e. The minimum Gasteiger partial charge on any atom is -0.416 e. The summed E-state index contributed by atoms with van der Waals surface area (Å²) in [6.07, 6.45) is 0. The number of rotatable bonds is 4. The number of hydrogen-bond acceptors (Lipinski definition) is 4. The molecule has 1 aromatic heterocycles. The maximum Gasteiger partial charge on any atom is 0.255 e. The molecule has 0 radical (unpaired) electrons. The fourth-order valence-electron chi connectivity index (χ4n) is 2.80. The molecule has 144 valence electrons. The monoisotopic (exact) mass is 407 g/mol. The number of halogens is 2. The third-order valence-corrected chi connectivity index (χ3v) is 4.66. The van der Waals surface area contributed by atoms with Crippen LogP contribution in [0.2, 0.25) is 5.02 Å². The molecule has 0 atom stereocenters. The SMILES string of the molecule is Cc1ccccc1-c1nnc(-c2ccc(C(=O)Nc3ccc(F)c(Cl)c3)cc2)o1. The van der Waals surface area contributed by atoms with Crippen molar-refractivity contribution in [3.8, 4) is 22.9 Å². The lowest BCUT2D eigenvalue weighted by Crippen LogP contribution is -2.11. The summed E-state index contributed by atoms with van der Waals surface area (Å²) >= 11 is 5.74. The van der Waals surface area contributed by atoms with E-state index in [4.69, 9.17) is 16.0 Å². The molecule has 1 amide bonds. The fourth-order valence-corrected chi connectivity index (χ4v) is 2.98. The van der Waals surface area contributed by atoms with E-state index in [2.05, 4.69) is 15.5 Å². The van der Waals surface area contributed by atoms with Gasteiger partial charge in [-0.2, -0.15) is 0 Å². The van der Waals surface area contributed by atoms with E-state index in [1.165, 1.54) is 18.2 Å². The molecule has 0 bridgehead atoms. The maximum atomic E-state index is 13.2. The number of amides is 1. The van der Waals surface area contributed by atoms with E-state index in [-0.39, 0.29) is 10.9 Å². The first-order chi connectivity index (χ1) is 14.0. The van der Waals surface area contributed by atoms with Crippen LogP contribution in [-0.2, 0) is 0 Å². The van der Waals surface area contributed by atoms with E-state index in [0.29, 0.717) is 28.6 Å². The van der Waals surface area contributed by atoms with Crippen molar-refractivity contribution >= 4 is 23.2 Å². The molecule has 4 rings (SSSR count). The predicted molar refractivity (Wildman–Crippen MR) is 109 cm³/mol. The molecule has 0 saturated carbocycles. The van der Waals surface area contributed by atoms with Gasteiger partial charge in [-0.15, -0.1) is 10.2 Å². The summed E-state index contributed by atoms with van der Waals surface area (Å²) in [6.45, 7) is 1.97. The summed E-state index contributed by atoms with van der Waals surface area (Å²) in [6, 6.07) is 18.5. The Hall–Kier alpha value is -3.51. The van der Waals surface area contributed by atoms with Gasteiger partial charge in [-0.3, -0.25) is 4.79 Å². The summed E-state index contributed by atoms with van der Waals surface area (Å²) in [7, 11) is 0. The zero-order chi connectivity index (χ0) is 20.4. The Kier molecular flexibility index (Phi) is 5.10. The van der Waals surface area contributed by atoms with E-state index < -0.39 is 5.82 Å². The molecule has 0 saturated heterocycles. The van der Waals surface area contributed by atoms with Crippen LogP contribution in [-0.4, -0.2) is 16.1 Å². The lowest BCUT2D eigenvalue weighted by Gasteiger charge is -2.06. The van der Waals surface area contributed by atoms with Crippen LogP contribution in [0.4, 0.5) is 10.1 Å². The van der Waals surface area contributed by atoms with Gasteiger partial charge in [0.25, 0.3) is 5.91 Å². The molecule has 0 spiro atoms. The Labute approximate surface area is 171 Å². The predicted octanol–water partition coefficient (Wildman–Crippen LogP) is 5.76. The highest BCUT2D eigenvalue weighted by Gasteiger charge is 2.13. The summed E-state index contributed by atoms with van der Waals surface area (Å²) in [5, 5.41) is 10.8. The second-order valence-corrected chi connectivity index (χ2v) is 6.79. The van der Waals surface area contributed by atoms with Gasteiger partial charge in [0.2, 0.25) is 11.8 Å². The third kappa shape index (κ3) is 4.02. The minimum absolute atomic E-state index is 0.0565. The zero-order valence-electron chi connectivity index (χ0n) is 15.3. The molecule has 0 aliphatic heterocycles. The van der Waals surface area contributed by atoms with Crippen LogP contribution in [0, 0.1) is 12.7 Å². The highest BCUT2D eigenvalue weighted by atomic mass is 35.5. The van der Waals surface area contributed by atoms with Crippen LogP contribution in [0.15, 0.2) is 71.1 Å². The Morgan fingerprint density at radius 3 is 2.45 bits per heavy atom. The Bertz CT molecular complexity index is 1190. The van der Waals surface area contributed by atoms with Crippen molar-refractivity contribution < 1.29 is 13.6 Å². The van der Waals surface area contributed by atoms with Crippen molar-refractivity contribution in [3.63, 3.8) is 0 Å². The van der Waals surface area contributed by atoms with Crippen LogP contribution in [0.3, 0.4) is 0 Å². The van der Waals surface area contributed by atoms with Gasteiger partial charge < -0.3 is 9.73 Å². The van der Waals surface area contributed by atoms with E-state index in [1.54, 1.807) is 24.3 Å². The molecule has 4 aromatic rings. The van der Waals surface area contributed by atoms with Gasteiger partial charge in [0.1, 0.15) is 5.82 Å². The second kappa shape index (κ2) is 7.85. The zero-order valence-corrected chi connectivity index (χ0v) is 16.1. The average Bonchev–Trinajstić information content (AvgIpc) is 3.21. The molecule has 0 unspecified atom stereocenters. The summed E-state index contributed by atoms with van der Waals surface area (Å²) in [5.41, 5.74) is 3.44. The van der Waals surface area contributed by atoms with Gasteiger partial charge in [-0.05, 0) is 61.0 Å². The standard InChI is InChI=1S/C22H15ClFN3O2/c1-13-4-2-3-5-17(13)22-27-26-21(29-22)15-8-6-14(7-9-15)20(28)25-16-10-11-19(24)18(23)12-16/h2-12H,1H3,(H,25,28). The van der Waals surface area contributed by atoms with E-state index >= 15 is 0 Å². The first-order valence-corrected chi connectivity index (χ1v) is 9.15. The van der Waals surface area contributed by atoms with E-state index in [9.17, 15) is 9.18 Å². The fraction of sp³-hybridized carbons (Fsp3) is 0.0455. The molecular formula is C22H15ClFN3O2. The van der Waals surface area contributed by atoms with Crippen LogP contribution < -0.4 is 5.32 Å². The van der Waals surface area contributed by atoms with Gasteiger partial charge in [0.05, 0.1) is 5.02 Å². The quantitative estimate of drug-likeness (QED) is 0.467. The maximum absolute atomic E-state index is 13.2. The van der Waals surface area contributed by atoms with E-state index in [0.717, 1.165) is 11.1 Å². The Balaban J connectivity index is 1.51. The first-order valence-electron chi connectivity index (χ1n) is 8.77. The van der Waals surface area contributed by atoms with Crippen molar-refractivity contribution in [2.75, 3.05) is 5.32 Å². The number of carbonyl (C=O) groups excluding carboxylic acids is 1. The lowest BCUT2D eigenvalue weighted by atomic mass is 10.1. The lowest BCUT2D eigenvalue weighted by molar-refractivity contribution is 0.102. The van der Waals surface area contributed by atoms with Crippen LogP contribution >= 0.6 is 11.6 Å². The summed E-state index contributed by atoms with van der Waals surface area (Å²) < 4.78 is 19.0. The highest BCUT2D eigenvalue weighted by molar-refractivity contribution is 6.31. The van der Waals surface area contributed by atoms with Gasteiger partial charge in [-0.25, -0.2) is 4.39 Å². The summed E-state index contributed by atoms with van der Waals surface area (Å²) in [4.78, 5) is 12.4. The van der Waals surface area contributed by atoms with Crippen molar-refractivity contribution in [2.24, 2.45) is 0 Å². The normalized spacial score (nSPS) is 10.7. The second-order valence-electron chi connectivity index (χ2n) is 6.39. The van der Waals surface area contributed by atoms with Crippen molar-refractivity contribution in [3.05, 3.63) is 88.7 Å². The van der Waals surface area contributed by atoms with Crippen LogP contribution in [0.1, 0.15) is 15.9 Å². The van der Waals surface area contributed by atoms with Gasteiger partial charge in [-0.1, -0.05) is 29.8 Å². The number of aromatic nitrogens is 2. The smallest absolute Gasteiger partial charge is 0.255 e. The van der Waals surface area contributed by atoms with Crippen molar-refractivity contribution in [1.29, 1.82) is 0 Å². The molecule has 1 heterocycles. The molecule has 0 fully saturated rings. The highest BCUT2D eigenvalue weighted by Crippen LogP contribution is 2.26. The molecule has 0 aliphatic rings.